The van der Waals surface area contributed by atoms with Gasteiger partial charge in [0.05, 0.1) is 13.2 Å². The molecule has 0 fully saturated rings. The lowest BCUT2D eigenvalue weighted by Gasteiger charge is -2.25. The summed E-state index contributed by atoms with van der Waals surface area (Å²) in [6.07, 6.45) is -0.630. The number of hydrogen-bond acceptors (Lipinski definition) is 6. The monoisotopic (exact) mass is 484 g/mol. The van der Waals surface area contributed by atoms with Gasteiger partial charge in [0.15, 0.2) is 0 Å². The van der Waals surface area contributed by atoms with Crippen LogP contribution in [0.4, 0.5) is 4.79 Å². The molecular formula is C27H36N2O6. The zero-order valence-corrected chi connectivity index (χ0v) is 21.3. The first-order valence-electron chi connectivity index (χ1n) is 11.6. The quantitative estimate of drug-likeness (QED) is 0.497. The molecule has 0 aromatic heterocycles. The van der Waals surface area contributed by atoms with E-state index in [1.54, 1.807) is 53.9 Å². The van der Waals surface area contributed by atoms with Gasteiger partial charge in [0.2, 0.25) is 5.91 Å². The van der Waals surface area contributed by atoms with Crippen molar-refractivity contribution < 1.29 is 28.6 Å². The van der Waals surface area contributed by atoms with Gasteiger partial charge in [-0.15, -0.1) is 0 Å². The van der Waals surface area contributed by atoms with Crippen molar-refractivity contribution in [2.45, 2.75) is 71.2 Å². The smallest absolute Gasteiger partial charge is 0.408 e. The minimum Gasteiger partial charge on any atom is -0.497 e. The highest BCUT2D eigenvalue weighted by Gasteiger charge is 2.30. The first-order chi connectivity index (χ1) is 16.5. The Hall–Kier alpha value is -3.55. The average Bonchev–Trinajstić information content (AvgIpc) is 2.77. The molecule has 35 heavy (non-hydrogen) atoms. The molecule has 2 amide bonds. The van der Waals surface area contributed by atoms with E-state index < -0.39 is 35.7 Å². The molecule has 2 aromatic rings. The summed E-state index contributed by atoms with van der Waals surface area (Å²) in [7, 11) is 1.57. The number of rotatable bonds is 10. The third-order valence-electron chi connectivity index (χ3n) is 4.84. The van der Waals surface area contributed by atoms with Crippen LogP contribution in [0.5, 0.6) is 5.75 Å². The van der Waals surface area contributed by atoms with Gasteiger partial charge in [0.1, 0.15) is 23.4 Å². The van der Waals surface area contributed by atoms with Crippen molar-refractivity contribution >= 4 is 18.0 Å². The summed E-state index contributed by atoms with van der Waals surface area (Å²) in [4.78, 5) is 38.6. The predicted molar refractivity (Wildman–Crippen MR) is 133 cm³/mol. The lowest BCUT2D eigenvalue weighted by molar-refractivity contribution is -0.151. The molecule has 2 atom stereocenters. The van der Waals surface area contributed by atoms with E-state index in [2.05, 4.69) is 10.6 Å². The Balaban J connectivity index is 2.24. The summed E-state index contributed by atoms with van der Waals surface area (Å²) < 4.78 is 15.9. The molecule has 8 nitrogen and oxygen atoms in total. The Labute approximate surface area is 207 Å². The van der Waals surface area contributed by atoms with E-state index in [0.29, 0.717) is 5.75 Å². The van der Waals surface area contributed by atoms with E-state index in [9.17, 15) is 14.4 Å². The standard InChI is InChI=1S/C27H36N2O6/c1-18(2)34-25(31)23(17-20-12-14-21(33-6)15-13-20)28-24(30)22(16-19-10-8-7-9-11-19)29-26(32)35-27(3,4)5/h7-15,18,22-23H,16-17H2,1-6H3,(H,28,30)(H,29,32). The normalized spacial score (nSPS) is 12.9. The molecule has 2 unspecified atom stereocenters. The first-order valence-corrected chi connectivity index (χ1v) is 11.6. The Morgan fingerprint density at radius 1 is 0.829 bits per heavy atom. The molecule has 0 spiro atoms. The first kappa shape index (κ1) is 27.7. The number of benzene rings is 2. The number of carbonyl (C=O) groups is 3. The SMILES string of the molecule is COc1ccc(CC(NC(=O)C(Cc2ccccc2)NC(=O)OC(C)(C)C)C(=O)OC(C)C)cc1. The zero-order valence-electron chi connectivity index (χ0n) is 21.3. The van der Waals surface area contributed by atoms with Crippen molar-refractivity contribution in [3.63, 3.8) is 0 Å². The molecule has 8 heteroatoms. The minimum absolute atomic E-state index is 0.214. The Kier molecular flexibility index (Phi) is 10.1. The van der Waals surface area contributed by atoms with E-state index in [-0.39, 0.29) is 18.9 Å². The van der Waals surface area contributed by atoms with Crippen molar-refractivity contribution in [2.24, 2.45) is 0 Å². The molecule has 190 valence electrons. The summed E-state index contributed by atoms with van der Waals surface area (Å²) in [6, 6.07) is 14.6. The molecule has 0 saturated heterocycles. The lowest BCUT2D eigenvalue weighted by Crippen LogP contribution is -2.54. The fraction of sp³-hybridized carbons (Fsp3) is 0.444. The number of amides is 2. The second-order valence-electron chi connectivity index (χ2n) is 9.49. The summed E-state index contributed by atoms with van der Waals surface area (Å²) in [6.45, 7) is 8.71. The van der Waals surface area contributed by atoms with Crippen molar-refractivity contribution in [3.8, 4) is 5.75 Å². The number of alkyl carbamates (subject to hydrolysis) is 1. The summed E-state index contributed by atoms with van der Waals surface area (Å²) in [5.74, 6) is -0.387. The van der Waals surface area contributed by atoms with Gasteiger partial charge in [-0.25, -0.2) is 9.59 Å². The Morgan fingerprint density at radius 3 is 1.94 bits per heavy atom. The fourth-order valence-corrected chi connectivity index (χ4v) is 3.29. The highest BCUT2D eigenvalue weighted by atomic mass is 16.6. The van der Waals surface area contributed by atoms with Gasteiger partial charge in [-0.1, -0.05) is 42.5 Å². The van der Waals surface area contributed by atoms with E-state index in [1.165, 1.54) is 0 Å². The van der Waals surface area contributed by atoms with Crippen LogP contribution in [0.3, 0.4) is 0 Å². The summed E-state index contributed by atoms with van der Waals surface area (Å²) in [5, 5.41) is 5.42. The Morgan fingerprint density at radius 2 is 1.40 bits per heavy atom. The van der Waals surface area contributed by atoms with Crippen LogP contribution in [0.1, 0.15) is 45.7 Å². The maximum Gasteiger partial charge on any atom is 0.408 e. The molecule has 0 aliphatic rings. The second kappa shape index (κ2) is 12.8. The van der Waals surface area contributed by atoms with Crippen LogP contribution in [0.25, 0.3) is 0 Å². The summed E-state index contributed by atoms with van der Waals surface area (Å²) >= 11 is 0. The molecular weight excluding hydrogens is 448 g/mol. The Bertz CT molecular complexity index is 967. The number of esters is 1. The number of nitrogens with one attached hydrogen (secondary N) is 2. The van der Waals surface area contributed by atoms with E-state index in [0.717, 1.165) is 11.1 Å². The van der Waals surface area contributed by atoms with Gasteiger partial charge in [0, 0.05) is 12.8 Å². The number of carbonyl (C=O) groups excluding carboxylic acids is 3. The van der Waals surface area contributed by atoms with Crippen LogP contribution in [0.15, 0.2) is 54.6 Å². The molecule has 0 radical (unpaired) electrons. The van der Waals surface area contributed by atoms with E-state index in [1.807, 2.05) is 42.5 Å². The van der Waals surface area contributed by atoms with Gasteiger partial charge < -0.3 is 24.8 Å². The van der Waals surface area contributed by atoms with E-state index in [4.69, 9.17) is 14.2 Å². The summed E-state index contributed by atoms with van der Waals surface area (Å²) in [5.41, 5.74) is 0.937. The van der Waals surface area contributed by atoms with Crippen molar-refractivity contribution in [3.05, 3.63) is 65.7 Å². The largest absolute Gasteiger partial charge is 0.497 e. The molecule has 0 aliphatic heterocycles. The molecule has 0 aliphatic carbocycles. The maximum absolute atomic E-state index is 13.3. The predicted octanol–water partition coefficient (Wildman–Crippen LogP) is 3.81. The number of methoxy groups -OCH3 is 1. The molecule has 0 saturated carbocycles. The molecule has 2 N–H and O–H groups in total. The third-order valence-corrected chi connectivity index (χ3v) is 4.84. The van der Waals surface area contributed by atoms with Crippen LogP contribution in [0.2, 0.25) is 0 Å². The average molecular weight is 485 g/mol. The van der Waals surface area contributed by atoms with Gasteiger partial charge in [-0.05, 0) is 57.9 Å². The van der Waals surface area contributed by atoms with Crippen molar-refractivity contribution in [1.82, 2.24) is 10.6 Å². The third kappa shape index (κ3) is 10.1. The minimum atomic E-state index is -0.961. The van der Waals surface area contributed by atoms with Crippen LogP contribution in [-0.4, -0.2) is 48.9 Å². The molecule has 0 heterocycles. The van der Waals surface area contributed by atoms with Crippen molar-refractivity contribution in [2.75, 3.05) is 7.11 Å². The lowest BCUT2D eigenvalue weighted by atomic mass is 10.0. The number of hydrogen-bond donors (Lipinski definition) is 2. The van der Waals surface area contributed by atoms with Crippen molar-refractivity contribution in [1.29, 1.82) is 0 Å². The topological polar surface area (TPSA) is 103 Å². The van der Waals surface area contributed by atoms with E-state index >= 15 is 0 Å². The molecule has 2 aromatic carbocycles. The van der Waals surface area contributed by atoms with Crippen LogP contribution in [-0.2, 0) is 31.9 Å². The number of ether oxygens (including phenoxy) is 3. The van der Waals surface area contributed by atoms with Crippen LogP contribution >= 0.6 is 0 Å². The van der Waals surface area contributed by atoms with Crippen LogP contribution < -0.4 is 15.4 Å². The van der Waals surface area contributed by atoms with Gasteiger partial charge >= 0.3 is 12.1 Å². The molecule has 2 rings (SSSR count). The van der Waals surface area contributed by atoms with Gasteiger partial charge in [-0.2, -0.15) is 0 Å². The zero-order chi connectivity index (χ0) is 26.0. The van der Waals surface area contributed by atoms with Gasteiger partial charge in [0.25, 0.3) is 0 Å². The van der Waals surface area contributed by atoms with Gasteiger partial charge in [-0.3, -0.25) is 4.79 Å². The highest BCUT2D eigenvalue weighted by Crippen LogP contribution is 2.14. The van der Waals surface area contributed by atoms with Crippen LogP contribution in [0, 0.1) is 0 Å². The molecule has 0 bridgehead atoms. The fourth-order valence-electron chi connectivity index (χ4n) is 3.29. The highest BCUT2D eigenvalue weighted by molar-refractivity contribution is 5.90. The maximum atomic E-state index is 13.3. The second-order valence-corrected chi connectivity index (χ2v) is 9.49.